The van der Waals surface area contributed by atoms with E-state index in [2.05, 4.69) is 0 Å². The lowest BCUT2D eigenvalue weighted by Crippen LogP contribution is -2.24. The molecule has 0 amide bonds. The highest BCUT2D eigenvalue weighted by Gasteiger charge is 2.11. The Labute approximate surface area is 69.7 Å². The van der Waals surface area contributed by atoms with Crippen LogP contribution in [0.25, 0.3) is 0 Å². The number of carboxylic acids is 1. The number of rotatable bonds is 2. The molecule has 0 saturated carbocycles. The van der Waals surface area contributed by atoms with Gasteiger partial charge < -0.3 is 25.5 Å². The van der Waals surface area contributed by atoms with Crippen LogP contribution in [0.3, 0.4) is 0 Å². The molecule has 6 nitrogen and oxygen atoms in total. The Balaban J connectivity index is 0. The maximum atomic E-state index is 9.45. The van der Waals surface area contributed by atoms with Crippen molar-refractivity contribution in [2.75, 3.05) is 0 Å². The topological polar surface area (TPSA) is 118 Å². The molecule has 0 saturated heterocycles. The number of hydrogen-bond donors (Lipinski definition) is 5. The number of aliphatic hydroxyl groups excluding tert-OH is 1. The minimum atomic E-state index is -2.46. The highest BCUT2D eigenvalue weighted by atomic mass is 16.7. The molecule has 0 rings (SSSR count). The standard InChI is InChI=1S/C3H8O3.C3H6O3/c1-2-3(4,5)6;1-2(4)3(5)6/h4-6H,2H2,1H3;2,4H,1H3,(H,5,6). The Bertz CT molecular complexity index is 124. The van der Waals surface area contributed by atoms with Gasteiger partial charge in [0.1, 0.15) is 6.10 Å². The Kier molecular flexibility index (Phi) is 6.82. The lowest BCUT2D eigenvalue weighted by atomic mass is 10.4. The summed E-state index contributed by atoms with van der Waals surface area (Å²) in [7, 11) is 0. The third kappa shape index (κ3) is 16.1. The first-order valence-corrected chi connectivity index (χ1v) is 3.28. The molecule has 6 heteroatoms. The third-order valence-corrected chi connectivity index (χ3v) is 0.832. The second kappa shape index (κ2) is 5.90. The average molecular weight is 182 g/mol. The van der Waals surface area contributed by atoms with Crippen molar-refractivity contribution in [2.24, 2.45) is 0 Å². The summed E-state index contributed by atoms with van der Waals surface area (Å²) in [6.45, 7) is 2.66. The van der Waals surface area contributed by atoms with E-state index >= 15 is 0 Å². The molecule has 0 aromatic carbocycles. The molecular formula is C6H14O6. The fourth-order valence-corrected chi connectivity index (χ4v) is 0. The van der Waals surface area contributed by atoms with E-state index in [4.69, 9.17) is 25.5 Å². The maximum absolute atomic E-state index is 9.45. The van der Waals surface area contributed by atoms with Crippen LogP contribution in [0.5, 0.6) is 0 Å². The fourth-order valence-electron chi connectivity index (χ4n) is 0. The number of aliphatic carboxylic acids is 1. The summed E-state index contributed by atoms with van der Waals surface area (Å²) >= 11 is 0. The zero-order valence-electron chi connectivity index (χ0n) is 6.93. The molecule has 1 atom stereocenters. The van der Waals surface area contributed by atoms with Crippen LogP contribution in [0.2, 0.25) is 0 Å². The van der Waals surface area contributed by atoms with Crippen LogP contribution < -0.4 is 0 Å². The molecule has 0 aromatic heterocycles. The first kappa shape index (κ1) is 13.9. The van der Waals surface area contributed by atoms with Crippen molar-refractivity contribution in [3.63, 3.8) is 0 Å². The minimum Gasteiger partial charge on any atom is -0.479 e. The van der Waals surface area contributed by atoms with E-state index in [9.17, 15) is 4.79 Å². The second-order valence-corrected chi connectivity index (χ2v) is 2.14. The van der Waals surface area contributed by atoms with Crippen LogP contribution in [0.4, 0.5) is 0 Å². The summed E-state index contributed by atoms with van der Waals surface area (Å²) in [5, 5.41) is 39.6. The monoisotopic (exact) mass is 182 g/mol. The highest BCUT2D eigenvalue weighted by molar-refractivity contribution is 5.71. The van der Waals surface area contributed by atoms with Crippen molar-refractivity contribution in [3.8, 4) is 0 Å². The zero-order valence-corrected chi connectivity index (χ0v) is 6.93. The van der Waals surface area contributed by atoms with Gasteiger partial charge in [0.15, 0.2) is 0 Å². The molecule has 0 aromatic rings. The van der Waals surface area contributed by atoms with Crippen molar-refractivity contribution >= 4 is 5.97 Å². The first-order valence-electron chi connectivity index (χ1n) is 3.28. The van der Waals surface area contributed by atoms with Gasteiger partial charge in [-0.15, -0.1) is 0 Å². The Morgan fingerprint density at radius 3 is 1.58 bits per heavy atom. The molecule has 1 unspecified atom stereocenters. The summed E-state index contributed by atoms with van der Waals surface area (Å²) in [4.78, 5) is 9.45. The quantitative estimate of drug-likeness (QED) is 0.331. The summed E-state index contributed by atoms with van der Waals surface area (Å²) in [5.41, 5.74) is 0. The Morgan fingerprint density at radius 1 is 1.42 bits per heavy atom. The van der Waals surface area contributed by atoms with Crippen molar-refractivity contribution < 1.29 is 30.3 Å². The van der Waals surface area contributed by atoms with Crippen molar-refractivity contribution in [1.82, 2.24) is 0 Å². The Morgan fingerprint density at radius 2 is 1.58 bits per heavy atom. The van der Waals surface area contributed by atoms with Gasteiger partial charge in [-0.25, -0.2) is 4.79 Å². The zero-order chi connectivity index (χ0) is 10.4. The van der Waals surface area contributed by atoms with Crippen LogP contribution >= 0.6 is 0 Å². The summed E-state index contributed by atoms with van der Waals surface area (Å²) in [5.74, 6) is -3.64. The molecule has 0 aliphatic carbocycles. The molecule has 0 radical (unpaired) electrons. The molecule has 0 spiro atoms. The number of hydrogen-bond acceptors (Lipinski definition) is 5. The van der Waals surface area contributed by atoms with Crippen LogP contribution in [-0.4, -0.2) is 43.6 Å². The van der Waals surface area contributed by atoms with Gasteiger partial charge in [-0.2, -0.15) is 0 Å². The molecule has 74 valence electrons. The van der Waals surface area contributed by atoms with E-state index in [1.165, 1.54) is 13.8 Å². The molecule has 5 N–H and O–H groups in total. The third-order valence-electron chi connectivity index (χ3n) is 0.832. The van der Waals surface area contributed by atoms with Gasteiger partial charge in [0.2, 0.25) is 0 Å². The van der Waals surface area contributed by atoms with E-state index in [0.29, 0.717) is 0 Å². The summed E-state index contributed by atoms with van der Waals surface area (Å²) in [6, 6.07) is 0. The molecule has 0 heterocycles. The van der Waals surface area contributed by atoms with Crippen LogP contribution in [0.15, 0.2) is 0 Å². The normalized spacial score (nSPS) is 12.8. The number of aliphatic hydroxyl groups is 4. The van der Waals surface area contributed by atoms with Gasteiger partial charge >= 0.3 is 5.97 Å². The van der Waals surface area contributed by atoms with Gasteiger partial charge in [0.05, 0.1) is 0 Å². The van der Waals surface area contributed by atoms with Crippen LogP contribution in [-0.2, 0) is 4.79 Å². The van der Waals surface area contributed by atoms with Crippen molar-refractivity contribution in [1.29, 1.82) is 0 Å². The minimum absolute atomic E-state index is 0.0625. The summed E-state index contributed by atoms with van der Waals surface area (Å²) in [6.07, 6.45) is -1.29. The highest BCUT2D eigenvalue weighted by Crippen LogP contribution is 1.95. The maximum Gasteiger partial charge on any atom is 0.332 e. The van der Waals surface area contributed by atoms with E-state index in [-0.39, 0.29) is 6.42 Å². The molecule has 0 bridgehead atoms. The van der Waals surface area contributed by atoms with Gasteiger partial charge in [0.25, 0.3) is 5.97 Å². The van der Waals surface area contributed by atoms with E-state index in [1.54, 1.807) is 0 Å². The van der Waals surface area contributed by atoms with Crippen molar-refractivity contribution in [2.45, 2.75) is 32.3 Å². The van der Waals surface area contributed by atoms with E-state index < -0.39 is 18.0 Å². The van der Waals surface area contributed by atoms with Gasteiger partial charge in [-0.05, 0) is 6.92 Å². The molecular weight excluding hydrogens is 168 g/mol. The predicted molar refractivity (Wildman–Crippen MR) is 39.0 cm³/mol. The average Bonchev–Trinajstić information content (AvgIpc) is 1.87. The molecule has 0 aliphatic heterocycles. The molecule has 0 fully saturated rings. The molecule has 12 heavy (non-hydrogen) atoms. The smallest absolute Gasteiger partial charge is 0.332 e. The van der Waals surface area contributed by atoms with Crippen LogP contribution in [0, 0.1) is 0 Å². The van der Waals surface area contributed by atoms with Gasteiger partial charge in [-0.3, -0.25) is 0 Å². The largest absolute Gasteiger partial charge is 0.479 e. The Hall–Kier alpha value is -0.690. The number of carbonyl (C=O) groups is 1. The fraction of sp³-hybridized carbons (Fsp3) is 0.833. The van der Waals surface area contributed by atoms with Gasteiger partial charge in [-0.1, -0.05) is 6.92 Å². The van der Waals surface area contributed by atoms with Crippen LogP contribution in [0.1, 0.15) is 20.3 Å². The molecule has 0 aliphatic rings. The van der Waals surface area contributed by atoms with Crippen molar-refractivity contribution in [3.05, 3.63) is 0 Å². The second-order valence-electron chi connectivity index (χ2n) is 2.14. The van der Waals surface area contributed by atoms with E-state index in [1.807, 2.05) is 0 Å². The van der Waals surface area contributed by atoms with E-state index in [0.717, 1.165) is 0 Å². The number of carboxylic acid groups (broad SMARTS) is 1. The first-order chi connectivity index (χ1) is 5.20. The van der Waals surface area contributed by atoms with Gasteiger partial charge in [0, 0.05) is 6.42 Å². The SMILES string of the molecule is CC(O)C(=O)O.CCC(O)(O)O. The lowest BCUT2D eigenvalue weighted by molar-refractivity contribution is -0.312. The summed E-state index contributed by atoms with van der Waals surface area (Å²) < 4.78 is 0. The predicted octanol–water partition coefficient (Wildman–Crippen LogP) is -1.52. The lowest BCUT2D eigenvalue weighted by Gasteiger charge is -2.08.